The number of halogens is 1. The van der Waals surface area contributed by atoms with Crippen LogP contribution in [0.4, 0.5) is 0 Å². The maximum Gasteiger partial charge on any atom is 0.156 e. The van der Waals surface area contributed by atoms with Gasteiger partial charge in [-0.15, -0.1) is 0 Å². The summed E-state index contributed by atoms with van der Waals surface area (Å²) in [6.45, 7) is 6.66. The van der Waals surface area contributed by atoms with Gasteiger partial charge in [0.1, 0.15) is 10.1 Å². The fourth-order valence-electron chi connectivity index (χ4n) is 1.63. The van der Waals surface area contributed by atoms with Crippen molar-refractivity contribution in [3.8, 4) is 0 Å². The maximum absolute atomic E-state index is 4.44. The van der Waals surface area contributed by atoms with E-state index in [9.17, 15) is 0 Å². The molecule has 0 aromatic carbocycles. The fraction of sp³-hybridized carbons (Fsp3) is 0.455. The highest BCUT2D eigenvalue weighted by Crippen LogP contribution is 2.25. The first kappa shape index (κ1) is 10.6. The number of hydrogen-bond acceptors (Lipinski definition) is 2. The summed E-state index contributed by atoms with van der Waals surface area (Å²) >= 11 is 3.34. The molecule has 0 spiro atoms. The smallest absolute Gasteiger partial charge is 0.156 e. The Balaban J connectivity index is 2.48. The molecule has 0 bridgehead atoms. The Kier molecular flexibility index (Phi) is 2.54. The molecule has 2 rings (SSSR count). The lowest BCUT2D eigenvalue weighted by atomic mass is 9.89. The quantitative estimate of drug-likeness (QED) is 0.862. The molecular weight excluding hydrogens is 254 g/mol. The molecule has 0 saturated heterocycles. The van der Waals surface area contributed by atoms with E-state index in [1.165, 1.54) is 5.56 Å². The summed E-state index contributed by atoms with van der Waals surface area (Å²) in [6.07, 6.45) is 4.71. The Hall–Kier alpha value is -0.900. The van der Waals surface area contributed by atoms with Crippen molar-refractivity contribution in [1.29, 1.82) is 0 Å². The molecular formula is C11H14BrN3. The Bertz CT molecular complexity index is 482. The van der Waals surface area contributed by atoms with Crippen molar-refractivity contribution in [3.05, 3.63) is 22.6 Å². The van der Waals surface area contributed by atoms with Gasteiger partial charge in [0.25, 0.3) is 0 Å². The average molecular weight is 268 g/mol. The van der Waals surface area contributed by atoms with Crippen LogP contribution in [0.15, 0.2) is 17.0 Å². The van der Waals surface area contributed by atoms with Gasteiger partial charge in [0.2, 0.25) is 0 Å². The number of hydrogen-bond donors (Lipinski definition) is 1. The molecule has 0 aliphatic rings. The molecule has 15 heavy (non-hydrogen) atoms. The van der Waals surface area contributed by atoms with Crippen molar-refractivity contribution >= 4 is 27.1 Å². The first-order chi connectivity index (χ1) is 6.96. The Morgan fingerprint density at radius 1 is 1.40 bits per heavy atom. The van der Waals surface area contributed by atoms with E-state index in [-0.39, 0.29) is 5.41 Å². The van der Waals surface area contributed by atoms with Crippen molar-refractivity contribution in [2.75, 3.05) is 0 Å². The zero-order valence-electron chi connectivity index (χ0n) is 9.13. The minimum atomic E-state index is 0.263. The van der Waals surface area contributed by atoms with E-state index >= 15 is 0 Å². The summed E-state index contributed by atoms with van der Waals surface area (Å²) in [4.78, 5) is 11.9. The van der Waals surface area contributed by atoms with E-state index in [1.54, 1.807) is 6.20 Å². The summed E-state index contributed by atoms with van der Waals surface area (Å²) in [6, 6.07) is 0. The van der Waals surface area contributed by atoms with Crippen LogP contribution in [-0.4, -0.2) is 15.0 Å². The lowest BCUT2D eigenvalue weighted by molar-refractivity contribution is 0.412. The van der Waals surface area contributed by atoms with Crippen LogP contribution in [0.3, 0.4) is 0 Å². The topological polar surface area (TPSA) is 41.6 Å². The molecule has 0 fully saturated rings. The number of aromatic amines is 1. The number of fused-ring (bicyclic) bond motifs is 1. The predicted molar refractivity (Wildman–Crippen MR) is 64.7 cm³/mol. The highest BCUT2D eigenvalue weighted by molar-refractivity contribution is 9.10. The first-order valence-corrected chi connectivity index (χ1v) is 5.73. The fourth-order valence-corrected chi connectivity index (χ4v) is 1.91. The van der Waals surface area contributed by atoms with Crippen LogP contribution in [0.2, 0.25) is 0 Å². The molecule has 80 valence electrons. The van der Waals surface area contributed by atoms with Crippen LogP contribution in [0.25, 0.3) is 11.2 Å². The SMILES string of the molecule is CC(C)(C)Cc1c[nH]c2ncc(Br)nc12. The average Bonchev–Trinajstić information content (AvgIpc) is 2.46. The highest BCUT2D eigenvalue weighted by Gasteiger charge is 2.15. The largest absolute Gasteiger partial charge is 0.345 e. The van der Waals surface area contributed by atoms with Gasteiger partial charge in [-0.25, -0.2) is 9.97 Å². The first-order valence-electron chi connectivity index (χ1n) is 4.94. The van der Waals surface area contributed by atoms with Crippen LogP contribution in [0, 0.1) is 5.41 Å². The molecule has 0 unspecified atom stereocenters. The number of aromatic nitrogens is 3. The lowest BCUT2D eigenvalue weighted by Gasteiger charge is -2.16. The van der Waals surface area contributed by atoms with E-state index in [4.69, 9.17) is 0 Å². The van der Waals surface area contributed by atoms with Gasteiger partial charge in [-0.05, 0) is 33.3 Å². The summed E-state index contributed by atoms with van der Waals surface area (Å²) in [5.74, 6) is 0. The Morgan fingerprint density at radius 2 is 2.13 bits per heavy atom. The van der Waals surface area contributed by atoms with E-state index in [0.29, 0.717) is 0 Å². The van der Waals surface area contributed by atoms with Gasteiger partial charge in [-0.3, -0.25) is 0 Å². The van der Waals surface area contributed by atoms with Crippen molar-refractivity contribution < 1.29 is 0 Å². The van der Waals surface area contributed by atoms with Crippen LogP contribution >= 0.6 is 15.9 Å². The number of rotatable bonds is 1. The zero-order valence-corrected chi connectivity index (χ0v) is 10.7. The molecule has 3 nitrogen and oxygen atoms in total. The molecule has 0 radical (unpaired) electrons. The van der Waals surface area contributed by atoms with Gasteiger partial charge in [0, 0.05) is 6.20 Å². The van der Waals surface area contributed by atoms with Crippen LogP contribution in [0.5, 0.6) is 0 Å². The number of nitrogens with one attached hydrogen (secondary N) is 1. The molecule has 0 aliphatic heterocycles. The summed E-state index contributed by atoms with van der Waals surface area (Å²) in [5.41, 5.74) is 3.32. The second kappa shape index (κ2) is 3.59. The predicted octanol–water partition coefficient (Wildman–Crippen LogP) is 3.31. The van der Waals surface area contributed by atoms with Crippen molar-refractivity contribution in [1.82, 2.24) is 15.0 Å². The van der Waals surface area contributed by atoms with Crippen molar-refractivity contribution in [2.45, 2.75) is 27.2 Å². The second-order valence-electron chi connectivity index (χ2n) is 4.94. The molecule has 2 aromatic heterocycles. The van der Waals surface area contributed by atoms with Crippen molar-refractivity contribution in [3.63, 3.8) is 0 Å². The molecule has 1 N–H and O–H groups in total. The molecule has 0 aliphatic carbocycles. The zero-order chi connectivity index (χ0) is 11.1. The van der Waals surface area contributed by atoms with Gasteiger partial charge in [0.05, 0.1) is 6.20 Å². The third kappa shape index (κ3) is 2.37. The Morgan fingerprint density at radius 3 is 2.80 bits per heavy atom. The number of nitrogens with zero attached hydrogens (tertiary/aromatic N) is 2. The number of H-pyrrole nitrogens is 1. The van der Waals surface area contributed by atoms with Gasteiger partial charge < -0.3 is 4.98 Å². The molecule has 0 saturated carbocycles. The minimum Gasteiger partial charge on any atom is -0.345 e. The van der Waals surface area contributed by atoms with E-state index in [2.05, 4.69) is 51.7 Å². The van der Waals surface area contributed by atoms with Crippen LogP contribution < -0.4 is 0 Å². The van der Waals surface area contributed by atoms with Gasteiger partial charge in [0.15, 0.2) is 5.65 Å². The second-order valence-corrected chi connectivity index (χ2v) is 5.75. The molecule has 0 atom stereocenters. The molecule has 2 heterocycles. The summed E-state index contributed by atoms with van der Waals surface area (Å²) in [5, 5.41) is 0. The van der Waals surface area contributed by atoms with E-state index in [0.717, 1.165) is 22.2 Å². The standard InChI is InChI=1S/C11H14BrN3/c1-11(2,3)4-7-5-13-10-9(7)15-8(12)6-14-10/h5-6H,4H2,1-3H3,(H,13,14). The normalized spacial score (nSPS) is 12.3. The third-order valence-corrected chi connectivity index (χ3v) is 2.53. The summed E-state index contributed by atoms with van der Waals surface area (Å²) in [7, 11) is 0. The highest BCUT2D eigenvalue weighted by atomic mass is 79.9. The van der Waals surface area contributed by atoms with E-state index in [1.807, 2.05) is 6.20 Å². The molecule has 0 amide bonds. The van der Waals surface area contributed by atoms with Gasteiger partial charge in [-0.1, -0.05) is 20.8 Å². The van der Waals surface area contributed by atoms with Crippen molar-refractivity contribution in [2.24, 2.45) is 5.41 Å². The van der Waals surface area contributed by atoms with E-state index < -0.39 is 0 Å². The van der Waals surface area contributed by atoms with Gasteiger partial charge in [-0.2, -0.15) is 0 Å². The van der Waals surface area contributed by atoms with Gasteiger partial charge >= 0.3 is 0 Å². The third-order valence-electron chi connectivity index (χ3n) is 2.15. The monoisotopic (exact) mass is 267 g/mol. The minimum absolute atomic E-state index is 0.263. The van der Waals surface area contributed by atoms with Crippen LogP contribution in [0.1, 0.15) is 26.3 Å². The maximum atomic E-state index is 4.44. The van der Waals surface area contributed by atoms with Crippen LogP contribution in [-0.2, 0) is 6.42 Å². The molecule has 4 heteroatoms. The lowest BCUT2D eigenvalue weighted by Crippen LogP contribution is -2.08. The summed E-state index contributed by atoms with van der Waals surface area (Å²) < 4.78 is 0.782. The Labute approximate surface area is 97.5 Å². The molecule has 2 aromatic rings.